The van der Waals surface area contributed by atoms with Crippen LogP contribution in [0.25, 0.3) is 5.65 Å². The minimum absolute atomic E-state index is 0. The van der Waals surface area contributed by atoms with Crippen molar-refractivity contribution in [1.29, 1.82) is 0 Å². The molecule has 0 bridgehead atoms. The van der Waals surface area contributed by atoms with Crippen LogP contribution in [0.5, 0.6) is 0 Å². The van der Waals surface area contributed by atoms with E-state index in [2.05, 4.69) is 20.9 Å². The van der Waals surface area contributed by atoms with Crippen LogP contribution in [0, 0.1) is 0 Å². The molecular weight excluding hydrogens is 284 g/mol. The van der Waals surface area contributed by atoms with Crippen LogP contribution in [-0.4, -0.2) is 9.38 Å². The van der Waals surface area contributed by atoms with Crippen LogP contribution in [0.2, 0.25) is 0 Å². The molecular formula is C8H7Br2N2-. The summed E-state index contributed by atoms with van der Waals surface area (Å²) in [6, 6.07) is 5.97. The zero-order valence-electron chi connectivity index (χ0n) is 6.24. The minimum Gasteiger partial charge on any atom is -1.00 e. The summed E-state index contributed by atoms with van der Waals surface area (Å²) in [6.45, 7) is 0. The van der Waals surface area contributed by atoms with Gasteiger partial charge >= 0.3 is 0 Å². The molecule has 64 valence electrons. The van der Waals surface area contributed by atoms with Gasteiger partial charge in [0.05, 0.1) is 5.69 Å². The summed E-state index contributed by atoms with van der Waals surface area (Å²) < 4.78 is 2.01. The number of halogens is 2. The number of imidazole rings is 1. The third-order valence-electron chi connectivity index (χ3n) is 1.55. The molecule has 0 saturated heterocycles. The normalized spacial score (nSPS) is 9.75. The summed E-state index contributed by atoms with van der Waals surface area (Å²) in [5, 5.41) is 0.814. The average molecular weight is 291 g/mol. The van der Waals surface area contributed by atoms with Gasteiger partial charge in [-0.2, -0.15) is 0 Å². The molecule has 12 heavy (non-hydrogen) atoms. The quantitative estimate of drug-likeness (QED) is 0.631. The standard InChI is InChI=1S/C8H7BrN2.BrH/c9-5-7-6-11-4-2-1-3-8(11)10-7;/h1-4,6H,5H2;1H/p-1. The molecule has 2 aromatic rings. The molecule has 2 nitrogen and oxygen atoms in total. The van der Waals surface area contributed by atoms with E-state index in [0.717, 1.165) is 16.7 Å². The maximum Gasteiger partial charge on any atom is 0.137 e. The Morgan fingerprint density at radius 2 is 2.25 bits per heavy atom. The van der Waals surface area contributed by atoms with E-state index in [1.807, 2.05) is 35.0 Å². The van der Waals surface area contributed by atoms with Crippen LogP contribution in [0.3, 0.4) is 0 Å². The molecule has 0 atom stereocenters. The van der Waals surface area contributed by atoms with Gasteiger partial charge in [-0.3, -0.25) is 0 Å². The number of alkyl halides is 1. The van der Waals surface area contributed by atoms with Crippen molar-refractivity contribution >= 4 is 21.6 Å². The second-order valence-corrected chi connectivity index (χ2v) is 2.89. The maximum absolute atomic E-state index is 4.35. The fraction of sp³-hybridized carbons (Fsp3) is 0.125. The zero-order valence-corrected chi connectivity index (χ0v) is 9.42. The molecule has 0 N–H and O–H groups in total. The third kappa shape index (κ3) is 1.69. The number of hydrogen-bond acceptors (Lipinski definition) is 1. The molecule has 0 unspecified atom stereocenters. The second kappa shape index (κ2) is 4.05. The van der Waals surface area contributed by atoms with Crippen molar-refractivity contribution in [3.8, 4) is 0 Å². The number of pyridine rings is 1. The van der Waals surface area contributed by atoms with E-state index in [1.165, 1.54) is 0 Å². The van der Waals surface area contributed by atoms with E-state index < -0.39 is 0 Å². The smallest absolute Gasteiger partial charge is 0.137 e. The SMILES string of the molecule is BrCc1cn2ccccc2n1.[Br-]. The van der Waals surface area contributed by atoms with Crippen LogP contribution < -0.4 is 17.0 Å². The summed E-state index contributed by atoms with van der Waals surface area (Å²) in [6.07, 6.45) is 4.01. The molecule has 2 heterocycles. The molecule has 0 spiro atoms. The first-order chi connectivity index (χ1) is 5.40. The topological polar surface area (TPSA) is 17.3 Å². The van der Waals surface area contributed by atoms with Crippen LogP contribution in [0.1, 0.15) is 5.69 Å². The van der Waals surface area contributed by atoms with Gasteiger partial charge in [-0.25, -0.2) is 4.98 Å². The Balaban J connectivity index is 0.000000720. The van der Waals surface area contributed by atoms with Gasteiger partial charge in [-0.15, -0.1) is 0 Å². The third-order valence-corrected chi connectivity index (χ3v) is 2.13. The van der Waals surface area contributed by atoms with Crippen LogP contribution in [-0.2, 0) is 5.33 Å². The maximum atomic E-state index is 4.35. The Morgan fingerprint density at radius 1 is 1.42 bits per heavy atom. The molecule has 0 aliphatic rings. The van der Waals surface area contributed by atoms with Crippen molar-refractivity contribution in [3.63, 3.8) is 0 Å². The highest BCUT2D eigenvalue weighted by molar-refractivity contribution is 9.08. The Labute approximate surface area is 89.5 Å². The summed E-state index contributed by atoms with van der Waals surface area (Å²) in [5.41, 5.74) is 2.07. The molecule has 2 rings (SSSR count). The van der Waals surface area contributed by atoms with E-state index in [9.17, 15) is 0 Å². The highest BCUT2D eigenvalue weighted by Crippen LogP contribution is 2.06. The summed E-state index contributed by atoms with van der Waals surface area (Å²) >= 11 is 3.36. The Kier molecular flexibility index (Phi) is 3.29. The molecule has 2 aromatic heterocycles. The number of rotatable bonds is 1. The van der Waals surface area contributed by atoms with Gasteiger partial charge in [0.1, 0.15) is 5.65 Å². The van der Waals surface area contributed by atoms with Crippen molar-refractivity contribution in [3.05, 3.63) is 36.3 Å². The largest absolute Gasteiger partial charge is 1.00 e. The fourth-order valence-corrected chi connectivity index (χ4v) is 1.32. The number of aromatic nitrogens is 2. The predicted molar refractivity (Wildman–Crippen MR) is 47.8 cm³/mol. The first-order valence-corrected chi connectivity index (χ1v) is 4.51. The lowest BCUT2D eigenvalue weighted by Gasteiger charge is -1.86. The highest BCUT2D eigenvalue weighted by atomic mass is 79.9. The predicted octanol–water partition coefficient (Wildman–Crippen LogP) is -0.767. The van der Waals surface area contributed by atoms with Crippen molar-refractivity contribution < 1.29 is 17.0 Å². The Bertz CT molecular complexity index is 337. The van der Waals surface area contributed by atoms with E-state index in [4.69, 9.17) is 0 Å². The van der Waals surface area contributed by atoms with Crippen LogP contribution in [0.15, 0.2) is 30.6 Å². The van der Waals surface area contributed by atoms with Gasteiger partial charge in [0.15, 0.2) is 0 Å². The Morgan fingerprint density at radius 3 is 2.92 bits per heavy atom. The molecule has 0 aliphatic carbocycles. The highest BCUT2D eigenvalue weighted by Gasteiger charge is 1.96. The number of fused-ring (bicyclic) bond motifs is 1. The molecule has 0 fully saturated rings. The van der Waals surface area contributed by atoms with E-state index in [1.54, 1.807) is 0 Å². The molecule has 0 aliphatic heterocycles. The minimum atomic E-state index is 0. The first kappa shape index (κ1) is 9.74. The van der Waals surface area contributed by atoms with E-state index in [-0.39, 0.29) is 17.0 Å². The molecule has 0 aromatic carbocycles. The average Bonchev–Trinajstić information content (AvgIpc) is 2.46. The van der Waals surface area contributed by atoms with Crippen molar-refractivity contribution in [2.75, 3.05) is 0 Å². The molecule has 4 heteroatoms. The van der Waals surface area contributed by atoms with Crippen molar-refractivity contribution in [2.45, 2.75) is 5.33 Å². The van der Waals surface area contributed by atoms with Crippen LogP contribution >= 0.6 is 15.9 Å². The van der Waals surface area contributed by atoms with Gasteiger partial charge in [0.2, 0.25) is 0 Å². The lowest BCUT2D eigenvalue weighted by atomic mass is 10.5. The first-order valence-electron chi connectivity index (χ1n) is 3.39. The fourth-order valence-electron chi connectivity index (χ4n) is 1.05. The van der Waals surface area contributed by atoms with E-state index in [0.29, 0.717) is 0 Å². The number of hydrogen-bond donors (Lipinski definition) is 0. The van der Waals surface area contributed by atoms with Gasteiger partial charge < -0.3 is 21.4 Å². The van der Waals surface area contributed by atoms with Crippen molar-refractivity contribution in [1.82, 2.24) is 9.38 Å². The van der Waals surface area contributed by atoms with Gasteiger partial charge in [-0.05, 0) is 12.1 Å². The van der Waals surface area contributed by atoms with Crippen LogP contribution in [0.4, 0.5) is 0 Å². The monoisotopic (exact) mass is 289 g/mol. The lowest BCUT2D eigenvalue weighted by molar-refractivity contribution is -0.00000226. The van der Waals surface area contributed by atoms with Gasteiger partial charge in [-0.1, -0.05) is 22.0 Å². The lowest BCUT2D eigenvalue weighted by Crippen LogP contribution is -3.00. The zero-order chi connectivity index (χ0) is 7.68. The van der Waals surface area contributed by atoms with Gasteiger partial charge in [0, 0.05) is 17.7 Å². The number of nitrogens with zero attached hydrogens (tertiary/aromatic N) is 2. The molecule has 0 saturated carbocycles. The summed E-state index contributed by atoms with van der Waals surface area (Å²) in [7, 11) is 0. The summed E-state index contributed by atoms with van der Waals surface area (Å²) in [4.78, 5) is 4.35. The van der Waals surface area contributed by atoms with Crippen molar-refractivity contribution in [2.24, 2.45) is 0 Å². The van der Waals surface area contributed by atoms with Gasteiger partial charge in [0.25, 0.3) is 0 Å². The molecule has 0 amide bonds. The second-order valence-electron chi connectivity index (χ2n) is 2.33. The Hall–Kier alpha value is -0.350. The summed E-state index contributed by atoms with van der Waals surface area (Å²) in [5.74, 6) is 0. The van der Waals surface area contributed by atoms with E-state index >= 15 is 0 Å². The molecule has 0 radical (unpaired) electrons.